The quantitative estimate of drug-likeness (QED) is 0.820. The molecule has 0 aromatic carbocycles. The first-order valence-electron chi connectivity index (χ1n) is 6.34. The van der Waals surface area contributed by atoms with E-state index >= 15 is 0 Å². The number of pyridine rings is 1. The minimum absolute atomic E-state index is 0.409. The van der Waals surface area contributed by atoms with Gasteiger partial charge in [-0.1, -0.05) is 17.7 Å². The Kier molecular flexibility index (Phi) is 3.07. The van der Waals surface area contributed by atoms with Crippen LogP contribution in [0.4, 0.5) is 0 Å². The van der Waals surface area contributed by atoms with E-state index in [2.05, 4.69) is 16.0 Å². The molecule has 1 aromatic heterocycles. The lowest BCUT2D eigenvalue weighted by atomic mass is 9.98. The third-order valence-corrected chi connectivity index (χ3v) is 4.30. The Hall–Kier alpha value is -0.640. The van der Waals surface area contributed by atoms with Crippen molar-refractivity contribution in [3.8, 4) is 0 Å². The zero-order valence-corrected chi connectivity index (χ0v) is 10.6. The van der Waals surface area contributed by atoms with Crippen LogP contribution in [0.2, 0.25) is 5.15 Å². The molecule has 3 heterocycles. The first-order valence-corrected chi connectivity index (χ1v) is 6.72. The molecule has 2 atom stereocenters. The van der Waals surface area contributed by atoms with Crippen LogP contribution in [0.5, 0.6) is 0 Å². The van der Waals surface area contributed by atoms with Gasteiger partial charge in [-0.3, -0.25) is 4.90 Å². The Morgan fingerprint density at radius 3 is 2.59 bits per heavy atom. The summed E-state index contributed by atoms with van der Waals surface area (Å²) < 4.78 is 0. The van der Waals surface area contributed by atoms with Crippen LogP contribution < -0.4 is 5.73 Å². The highest BCUT2D eigenvalue weighted by atomic mass is 35.5. The lowest BCUT2D eigenvalue weighted by Gasteiger charge is -2.37. The fourth-order valence-electron chi connectivity index (χ4n) is 3.29. The summed E-state index contributed by atoms with van der Waals surface area (Å²) in [4.78, 5) is 6.75. The number of hydrogen-bond donors (Lipinski definition) is 1. The third kappa shape index (κ3) is 2.32. The molecule has 1 aromatic rings. The molecule has 4 heteroatoms. The van der Waals surface area contributed by atoms with Crippen LogP contribution in [0.25, 0.3) is 0 Å². The van der Waals surface area contributed by atoms with Crippen LogP contribution in [0.3, 0.4) is 0 Å². The van der Waals surface area contributed by atoms with Gasteiger partial charge in [-0.15, -0.1) is 0 Å². The van der Waals surface area contributed by atoms with E-state index in [1.54, 1.807) is 0 Å². The number of rotatable bonds is 2. The Bertz CT molecular complexity index is 378. The minimum Gasteiger partial charge on any atom is -0.328 e. The molecule has 2 bridgehead atoms. The molecule has 0 aliphatic carbocycles. The number of nitrogens with two attached hydrogens (primary N) is 1. The Labute approximate surface area is 107 Å². The summed E-state index contributed by atoms with van der Waals surface area (Å²) in [5, 5.41) is 0.567. The van der Waals surface area contributed by atoms with E-state index < -0.39 is 0 Å². The second-order valence-electron chi connectivity index (χ2n) is 5.28. The normalized spacial score (nSPS) is 32.9. The Balaban J connectivity index is 1.72. The first-order chi connectivity index (χ1) is 8.22. The van der Waals surface area contributed by atoms with E-state index in [4.69, 9.17) is 17.3 Å². The molecular weight excluding hydrogens is 234 g/mol. The third-order valence-electron chi connectivity index (χ3n) is 4.07. The number of hydrogen-bond acceptors (Lipinski definition) is 3. The van der Waals surface area contributed by atoms with Crippen LogP contribution >= 0.6 is 11.6 Å². The van der Waals surface area contributed by atoms with Gasteiger partial charge in [0.2, 0.25) is 0 Å². The summed E-state index contributed by atoms with van der Waals surface area (Å²) in [5.41, 5.74) is 7.33. The highest BCUT2D eigenvalue weighted by molar-refractivity contribution is 6.29. The smallest absolute Gasteiger partial charge is 0.129 e. The molecule has 92 valence electrons. The molecule has 2 N–H and O–H groups in total. The van der Waals surface area contributed by atoms with Crippen LogP contribution in [0.1, 0.15) is 31.2 Å². The topological polar surface area (TPSA) is 42.1 Å². The Morgan fingerprint density at radius 1 is 1.29 bits per heavy atom. The largest absolute Gasteiger partial charge is 0.328 e. The predicted molar refractivity (Wildman–Crippen MR) is 68.8 cm³/mol. The van der Waals surface area contributed by atoms with Crippen molar-refractivity contribution >= 4 is 11.6 Å². The van der Waals surface area contributed by atoms with Crippen LogP contribution in [0, 0.1) is 0 Å². The maximum Gasteiger partial charge on any atom is 0.129 e. The molecule has 3 rings (SSSR count). The monoisotopic (exact) mass is 251 g/mol. The van der Waals surface area contributed by atoms with Crippen molar-refractivity contribution < 1.29 is 0 Å². The fraction of sp³-hybridized carbons (Fsp3) is 0.615. The van der Waals surface area contributed by atoms with Gasteiger partial charge in [-0.25, -0.2) is 4.98 Å². The SMILES string of the molecule is NC1CC2CCC(C1)N2Cc1ccc(Cl)nc1. The molecule has 0 amide bonds. The summed E-state index contributed by atoms with van der Waals surface area (Å²) in [7, 11) is 0. The molecule has 2 aliphatic heterocycles. The zero-order chi connectivity index (χ0) is 11.8. The van der Waals surface area contributed by atoms with Gasteiger partial charge >= 0.3 is 0 Å². The van der Waals surface area contributed by atoms with E-state index in [-0.39, 0.29) is 0 Å². The van der Waals surface area contributed by atoms with Crippen molar-refractivity contribution in [3.63, 3.8) is 0 Å². The van der Waals surface area contributed by atoms with Crippen molar-refractivity contribution in [2.45, 2.75) is 50.4 Å². The standard InChI is InChI=1S/C13H18ClN3/c14-13-4-1-9(7-16-13)8-17-11-2-3-12(17)6-10(15)5-11/h1,4,7,10-12H,2-3,5-6,8,15H2. The fourth-order valence-corrected chi connectivity index (χ4v) is 3.40. The lowest BCUT2D eigenvalue weighted by Crippen LogP contribution is -2.46. The van der Waals surface area contributed by atoms with E-state index in [1.165, 1.54) is 18.4 Å². The lowest BCUT2D eigenvalue weighted by molar-refractivity contribution is 0.120. The molecule has 2 unspecified atom stereocenters. The maximum atomic E-state index is 6.07. The molecule has 3 nitrogen and oxygen atoms in total. The second kappa shape index (κ2) is 4.56. The molecule has 2 saturated heterocycles. The zero-order valence-electron chi connectivity index (χ0n) is 9.85. The number of nitrogens with zero attached hydrogens (tertiary/aromatic N) is 2. The number of piperidine rings is 1. The van der Waals surface area contributed by atoms with Gasteiger partial charge in [0.25, 0.3) is 0 Å². The van der Waals surface area contributed by atoms with Crippen molar-refractivity contribution in [3.05, 3.63) is 29.0 Å². The van der Waals surface area contributed by atoms with Crippen molar-refractivity contribution in [2.75, 3.05) is 0 Å². The average molecular weight is 252 g/mol. The molecule has 0 spiro atoms. The van der Waals surface area contributed by atoms with E-state index in [0.717, 1.165) is 19.4 Å². The highest BCUT2D eigenvalue weighted by Crippen LogP contribution is 2.36. The first kappa shape index (κ1) is 11.5. The maximum absolute atomic E-state index is 6.07. The second-order valence-corrected chi connectivity index (χ2v) is 5.67. The van der Waals surface area contributed by atoms with Gasteiger partial charge in [0.15, 0.2) is 0 Å². The van der Waals surface area contributed by atoms with Gasteiger partial charge in [0, 0.05) is 30.9 Å². The van der Waals surface area contributed by atoms with Gasteiger partial charge < -0.3 is 5.73 Å². The van der Waals surface area contributed by atoms with Crippen LogP contribution in [-0.4, -0.2) is 28.0 Å². The minimum atomic E-state index is 0.409. The molecular formula is C13H18ClN3. The van der Waals surface area contributed by atoms with Crippen LogP contribution in [0.15, 0.2) is 18.3 Å². The van der Waals surface area contributed by atoms with Crippen LogP contribution in [-0.2, 0) is 6.54 Å². The van der Waals surface area contributed by atoms with E-state index in [9.17, 15) is 0 Å². The van der Waals surface area contributed by atoms with Gasteiger partial charge in [-0.2, -0.15) is 0 Å². The molecule has 17 heavy (non-hydrogen) atoms. The van der Waals surface area contributed by atoms with E-state index in [1.807, 2.05) is 12.3 Å². The Morgan fingerprint density at radius 2 is 2.00 bits per heavy atom. The summed E-state index contributed by atoms with van der Waals surface area (Å²) in [6.07, 6.45) is 6.80. The highest BCUT2D eigenvalue weighted by Gasteiger charge is 2.39. The summed E-state index contributed by atoms with van der Waals surface area (Å²) in [5.74, 6) is 0. The van der Waals surface area contributed by atoms with Crippen molar-refractivity contribution in [2.24, 2.45) is 5.73 Å². The number of fused-ring (bicyclic) bond motifs is 2. The summed E-state index contributed by atoms with van der Waals surface area (Å²) >= 11 is 5.80. The van der Waals surface area contributed by atoms with Gasteiger partial charge in [-0.05, 0) is 37.3 Å². The number of aromatic nitrogens is 1. The summed E-state index contributed by atoms with van der Waals surface area (Å²) in [6.45, 7) is 0.992. The molecule has 0 saturated carbocycles. The van der Waals surface area contributed by atoms with Crippen molar-refractivity contribution in [1.82, 2.24) is 9.88 Å². The average Bonchev–Trinajstić information content (AvgIpc) is 2.56. The van der Waals surface area contributed by atoms with Gasteiger partial charge in [0.05, 0.1) is 0 Å². The molecule has 2 fully saturated rings. The molecule has 0 radical (unpaired) electrons. The number of halogens is 1. The molecule has 2 aliphatic rings. The van der Waals surface area contributed by atoms with Crippen molar-refractivity contribution in [1.29, 1.82) is 0 Å². The summed E-state index contributed by atoms with van der Waals surface area (Å²) in [6, 6.07) is 5.71. The van der Waals surface area contributed by atoms with Gasteiger partial charge in [0.1, 0.15) is 5.15 Å². The van der Waals surface area contributed by atoms with E-state index in [0.29, 0.717) is 23.3 Å². The predicted octanol–water partition coefficient (Wildman–Crippen LogP) is 2.19.